The predicted molar refractivity (Wildman–Crippen MR) is 56.1 cm³/mol. The summed E-state index contributed by atoms with van der Waals surface area (Å²) in [5.41, 5.74) is -1.23. The Morgan fingerprint density at radius 3 is 2.53 bits per heavy atom. The van der Waals surface area contributed by atoms with Gasteiger partial charge in [0.2, 0.25) is 0 Å². The van der Waals surface area contributed by atoms with Crippen LogP contribution >= 0.6 is 0 Å². The zero-order valence-corrected chi connectivity index (χ0v) is 8.76. The third-order valence-electron chi connectivity index (χ3n) is 2.36. The molecule has 0 aliphatic carbocycles. The molecular weight excluding hydrogens is 235 g/mol. The molecule has 2 aromatic rings. The lowest BCUT2D eigenvalue weighted by Crippen LogP contribution is -2.10. The van der Waals surface area contributed by atoms with Crippen molar-refractivity contribution in [3.63, 3.8) is 0 Å². The summed E-state index contributed by atoms with van der Waals surface area (Å²) in [7, 11) is 1.32. The normalized spacial score (nSPS) is 11.8. The van der Waals surface area contributed by atoms with Crippen LogP contribution in [0.15, 0.2) is 29.1 Å². The monoisotopic (exact) mass is 243 g/mol. The molecule has 2 rings (SSSR count). The van der Waals surface area contributed by atoms with Crippen LogP contribution in [0.2, 0.25) is 0 Å². The van der Waals surface area contributed by atoms with E-state index >= 15 is 0 Å². The SMILES string of the molecule is COc1cc2ccc(C(F)(F)F)cc2[nH]c1=O. The van der Waals surface area contributed by atoms with Crippen LogP contribution in [0.4, 0.5) is 13.2 Å². The van der Waals surface area contributed by atoms with Crippen molar-refractivity contribution in [2.75, 3.05) is 7.11 Å². The number of methoxy groups -OCH3 is 1. The number of pyridine rings is 1. The first kappa shape index (κ1) is 11.5. The van der Waals surface area contributed by atoms with E-state index in [2.05, 4.69) is 4.98 Å². The summed E-state index contributed by atoms with van der Waals surface area (Å²) in [6, 6.07) is 4.54. The molecule has 0 unspecified atom stereocenters. The number of benzene rings is 1. The van der Waals surface area contributed by atoms with Gasteiger partial charge in [0.15, 0.2) is 5.75 Å². The van der Waals surface area contributed by atoms with Crippen molar-refractivity contribution in [3.05, 3.63) is 40.2 Å². The van der Waals surface area contributed by atoms with Gasteiger partial charge in [0.1, 0.15) is 0 Å². The summed E-state index contributed by atoms with van der Waals surface area (Å²) >= 11 is 0. The number of aromatic amines is 1. The number of hydrogen-bond donors (Lipinski definition) is 1. The van der Waals surface area contributed by atoms with Gasteiger partial charge in [0, 0.05) is 10.9 Å². The summed E-state index contributed by atoms with van der Waals surface area (Å²) in [5.74, 6) is 0.0669. The molecule has 0 bridgehead atoms. The first-order valence-corrected chi connectivity index (χ1v) is 4.70. The lowest BCUT2D eigenvalue weighted by molar-refractivity contribution is -0.137. The van der Waals surface area contributed by atoms with Gasteiger partial charge in [-0.3, -0.25) is 4.79 Å². The number of aromatic nitrogens is 1. The van der Waals surface area contributed by atoms with Gasteiger partial charge in [-0.25, -0.2) is 0 Å². The van der Waals surface area contributed by atoms with Crippen LogP contribution in [0.3, 0.4) is 0 Å². The van der Waals surface area contributed by atoms with Gasteiger partial charge in [0.25, 0.3) is 5.56 Å². The first-order chi connectivity index (χ1) is 7.91. The molecule has 0 saturated carbocycles. The molecule has 3 nitrogen and oxygen atoms in total. The van der Waals surface area contributed by atoms with E-state index in [4.69, 9.17) is 4.74 Å². The molecule has 0 aliphatic rings. The van der Waals surface area contributed by atoms with E-state index in [1.54, 1.807) is 0 Å². The number of halogens is 3. The summed E-state index contributed by atoms with van der Waals surface area (Å²) in [4.78, 5) is 13.7. The Morgan fingerprint density at radius 1 is 1.24 bits per heavy atom. The second-order valence-electron chi connectivity index (χ2n) is 3.47. The highest BCUT2D eigenvalue weighted by Crippen LogP contribution is 2.31. The van der Waals surface area contributed by atoms with Crippen LogP contribution in [-0.4, -0.2) is 12.1 Å². The molecule has 1 heterocycles. The molecule has 0 saturated heterocycles. The second kappa shape index (κ2) is 3.80. The van der Waals surface area contributed by atoms with Gasteiger partial charge in [-0.15, -0.1) is 0 Å². The Kier molecular flexibility index (Phi) is 2.57. The molecule has 0 spiro atoms. The third-order valence-corrected chi connectivity index (χ3v) is 2.36. The van der Waals surface area contributed by atoms with Crippen molar-refractivity contribution < 1.29 is 17.9 Å². The Labute approximate surface area is 93.8 Å². The van der Waals surface area contributed by atoms with Crippen molar-refractivity contribution >= 4 is 10.9 Å². The van der Waals surface area contributed by atoms with Gasteiger partial charge >= 0.3 is 6.18 Å². The lowest BCUT2D eigenvalue weighted by Gasteiger charge is -2.08. The highest BCUT2D eigenvalue weighted by atomic mass is 19.4. The van der Waals surface area contributed by atoms with Gasteiger partial charge in [-0.05, 0) is 18.2 Å². The fourth-order valence-electron chi connectivity index (χ4n) is 1.51. The van der Waals surface area contributed by atoms with Crippen molar-refractivity contribution in [2.45, 2.75) is 6.18 Å². The quantitative estimate of drug-likeness (QED) is 0.836. The van der Waals surface area contributed by atoms with Crippen molar-refractivity contribution in [1.82, 2.24) is 4.98 Å². The van der Waals surface area contributed by atoms with E-state index in [9.17, 15) is 18.0 Å². The Bertz CT molecular complexity index is 616. The highest BCUT2D eigenvalue weighted by Gasteiger charge is 2.30. The minimum absolute atomic E-state index is 0.0669. The van der Waals surface area contributed by atoms with Gasteiger partial charge in [-0.2, -0.15) is 13.2 Å². The van der Waals surface area contributed by atoms with Crippen LogP contribution in [0.1, 0.15) is 5.56 Å². The molecule has 90 valence electrons. The maximum atomic E-state index is 12.4. The van der Waals surface area contributed by atoms with Gasteiger partial charge < -0.3 is 9.72 Å². The van der Waals surface area contributed by atoms with Crippen molar-refractivity contribution in [1.29, 1.82) is 0 Å². The Balaban J connectivity index is 2.68. The first-order valence-electron chi connectivity index (χ1n) is 4.70. The molecular formula is C11H8F3NO2. The fraction of sp³-hybridized carbons (Fsp3) is 0.182. The maximum absolute atomic E-state index is 12.4. The largest absolute Gasteiger partial charge is 0.491 e. The highest BCUT2D eigenvalue weighted by molar-refractivity contribution is 5.80. The summed E-state index contributed by atoms with van der Waals surface area (Å²) in [5, 5.41) is 0.481. The van der Waals surface area contributed by atoms with Gasteiger partial charge in [0.05, 0.1) is 12.7 Å². The second-order valence-corrected chi connectivity index (χ2v) is 3.47. The molecule has 0 amide bonds. The number of H-pyrrole nitrogens is 1. The van der Waals surface area contributed by atoms with E-state index in [-0.39, 0.29) is 11.3 Å². The molecule has 1 aromatic carbocycles. The van der Waals surface area contributed by atoms with E-state index in [1.165, 1.54) is 19.2 Å². The Morgan fingerprint density at radius 2 is 1.94 bits per heavy atom. The molecule has 17 heavy (non-hydrogen) atoms. The summed E-state index contributed by atoms with van der Waals surface area (Å²) in [6.45, 7) is 0. The minimum atomic E-state index is -4.43. The predicted octanol–water partition coefficient (Wildman–Crippen LogP) is 2.56. The average Bonchev–Trinajstić information content (AvgIpc) is 2.26. The van der Waals surface area contributed by atoms with Crippen molar-refractivity contribution in [2.24, 2.45) is 0 Å². The van der Waals surface area contributed by atoms with Crippen molar-refractivity contribution in [3.8, 4) is 5.75 Å². The van der Waals surface area contributed by atoms with Crippen LogP contribution in [0.25, 0.3) is 10.9 Å². The lowest BCUT2D eigenvalue weighted by atomic mass is 10.1. The van der Waals surface area contributed by atoms with Crippen LogP contribution in [0.5, 0.6) is 5.75 Å². The summed E-state index contributed by atoms with van der Waals surface area (Å²) < 4.78 is 42.1. The smallest absolute Gasteiger partial charge is 0.416 e. The molecule has 6 heteroatoms. The standard InChI is InChI=1S/C11H8F3NO2/c1-17-9-4-6-2-3-7(11(12,13)14)5-8(6)15-10(9)16/h2-5H,1H3,(H,15,16). The fourth-order valence-corrected chi connectivity index (χ4v) is 1.51. The molecule has 0 fully saturated rings. The van der Waals surface area contributed by atoms with Gasteiger partial charge in [-0.1, -0.05) is 6.07 Å². The number of hydrogen-bond acceptors (Lipinski definition) is 2. The Hall–Kier alpha value is -1.98. The maximum Gasteiger partial charge on any atom is 0.416 e. The molecule has 0 aliphatic heterocycles. The number of ether oxygens (including phenoxy) is 1. The molecule has 0 radical (unpaired) electrons. The number of alkyl halides is 3. The van der Waals surface area contributed by atoms with E-state index in [0.29, 0.717) is 5.39 Å². The molecule has 0 atom stereocenters. The number of fused-ring (bicyclic) bond motifs is 1. The number of rotatable bonds is 1. The molecule has 1 aromatic heterocycles. The topological polar surface area (TPSA) is 42.1 Å². The zero-order valence-electron chi connectivity index (χ0n) is 8.76. The van der Waals surface area contributed by atoms with Crippen LogP contribution < -0.4 is 10.3 Å². The zero-order chi connectivity index (χ0) is 12.6. The van der Waals surface area contributed by atoms with E-state index < -0.39 is 17.3 Å². The average molecular weight is 243 g/mol. The van der Waals surface area contributed by atoms with E-state index in [0.717, 1.165) is 12.1 Å². The molecule has 1 N–H and O–H groups in total. The summed E-state index contributed by atoms with van der Waals surface area (Å²) in [6.07, 6.45) is -4.43. The van der Waals surface area contributed by atoms with Crippen LogP contribution in [-0.2, 0) is 6.18 Å². The van der Waals surface area contributed by atoms with E-state index in [1.807, 2.05) is 0 Å². The minimum Gasteiger partial charge on any atom is -0.491 e. The number of nitrogens with one attached hydrogen (secondary N) is 1. The van der Waals surface area contributed by atoms with Crippen LogP contribution in [0, 0.1) is 0 Å². The third kappa shape index (κ3) is 2.11.